The number of nitrogens with two attached hydrogens (primary N) is 1. The zero-order chi connectivity index (χ0) is 11.7. The fourth-order valence-corrected chi connectivity index (χ4v) is 2.38. The van der Waals surface area contributed by atoms with Gasteiger partial charge in [0.2, 0.25) is 0 Å². The molecule has 0 spiro atoms. The van der Waals surface area contributed by atoms with Crippen molar-refractivity contribution >= 4 is 11.5 Å². The summed E-state index contributed by atoms with van der Waals surface area (Å²) in [4.78, 5) is 6.85. The van der Waals surface area contributed by atoms with Crippen LogP contribution in [-0.4, -0.2) is 18.1 Å². The molecule has 1 aromatic rings. The minimum Gasteiger partial charge on any atom is -0.397 e. The van der Waals surface area contributed by atoms with Gasteiger partial charge in [-0.1, -0.05) is 13.8 Å². The largest absolute Gasteiger partial charge is 0.397 e. The molecular weight excluding hydrogens is 198 g/mol. The molecule has 1 aromatic heterocycles. The molecule has 16 heavy (non-hydrogen) atoms. The lowest BCUT2D eigenvalue weighted by molar-refractivity contribution is 0.322. The summed E-state index contributed by atoms with van der Waals surface area (Å²) in [5.74, 6) is 2.67. The number of hydrogen-bond donors (Lipinski definition) is 1. The third kappa shape index (κ3) is 2.13. The van der Waals surface area contributed by atoms with Crippen LogP contribution in [0.4, 0.5) is 11.5 Å². The molecule has 1 aliphatic rings. The van der Waals surface area contributed by atoms with Crippen LogP contribution < -0.4 is 10.6 Å². The van der Waals surface area contributed by atoms with Crippen LogP contribution in [0.2, 0.25) is 0 Å². The SMILES string of the molecule is Cc1cc(N)cnc1N1CCC(C)C(C)C1. The second kappa shape index (κ2) is 4.32. The first-order chi connectivity index (χ1) is 7.58. The molecule has 0 saturated carbocycles. The number of nitrogen functional groups attached to an aromatic ring is 1. The van der Waals surface area contributed by atoms with Crippen molar-refractivity contribution < 1.29 is 0 Å². The zero-order valence-corrected chi connectivity index (χ0v) is 10.4. The van der Waals surface area contributed by atoms with Gasteiger partial charge < -0.3 is 10.6 Å². The highest BCUT2D eigenvalue weighted by atomic mass is 15.2. The standard InChI is InChI=1S/C13H21N3/c1-9-4-5-16(8-11(9)3)13-10(2)6-12(14)7-15-13/h6-7,9,11H,4-5,8,14H2,1-3H3. The molecule has 0 amide bonds. The molecule has 0 radical (unpaired) electrons. The molecule has 2 heterocycles. The second-order valence-electron chi connectivity index (χ2n) is 5.10. The molecule has 2 atom stereocenters. The first kappa shape index (κ1) is 11.2. The van der Waals surface area contributed by atoms with E-state index in [0.29, 0.717) is 0 Å². The number of aryl methyl sites for hydroxylation is 1. The zero-order valence-electron chi connectivity index (χ0n) is 10.4. The normalized spacial score (nSPS) is 25.8. The van der Waals surface area contributed by atoms with E-state index in [1.807, 2.05) is 6.07 Å². The molecule has 1 fully saturated rings. The molecule has 2 rings (SSSR count). The fourth-order valence-electron chi connectivity index (χ4n) is 2.38. The Hall–Kier alpha value is -1.25. The van der Waals surface area contributed by atoms with Gasteiger partial charge in [0.05, 0.1) is 11.9 Å². The van der Waals surface area contributed by atoms with Crippen molar-refractivity contribution in [3.8, 4) is 0 Å². The quantitative estimate of drug-likeness (QED) is 0.789. The highest BCUT2D eigenvalue weighted by Gasteiger charge is 2.24. The Labute approximate surface area is 97.7 Å². The predicted octanol–water partition coefficient (Wildman–Crippen LogP) is 2.45. The van der Waals surface area contributed by atoms with E-state index in [9.17, 15) is 0 Å². The van der Waals surface area contributed by atoms with Crippen molar-refractivity contribution in [1.29, 1.82) is 0 Å². The number of nitrogens with zero attached hydrogens (tertiary/aromatic N) is 2. The molecule has 3 nitrogen and oxygen atoms in total. The first-order valence-electron chi connectivity index (χ1n) is 6.05. The Morgan fingerprint density at radius 2 is 2.12 bits per heavy atom. The van der Waals surface area contributed by atoms with Gasteiger partial charge in [0.25, 0.3) is 0 Å². The van der Waals surface area contributed by atoms with Gasteiger partial charge in [0.1, 0.15) is 5.82 Å². The third-order valence-corrected chi connectivity index (χ3v) is 3.71. The lowest BCUT2D eigenvalue weighted by Gasteiger charge is -2.36. The van der Waals surface area contributed by atoms with E-state index >= 15 is 0 Å². The monoisotopic (exact) mass is 219 g/mol. The summed E-state index contributed by atoms with van der Waals surface area (Å²) in [6, 6.07) is 2.00. The van der Waals surface area contributed by atoms with Gasteiger partial charge in [-0.2, -0.15) is 0 Å². The molecule has 88 valence electrons. The summed E-state index contributed by atoms with van der Waals surface area (Å²) in [6.07, 6.45) is 3.01. The van der Waals surface area contributed by atoms with Gasteiger partial charge >= 0.3 is 0 Å². The molecule has 2 unspecified atom stereocenters. The Kier molecular flexibility index (Phi) is 3.03. The van der Waals surface area contributed by atoms with Crippen LogP contribution >= 0.6 is 0 Å². The third-order valence-electron chi connectivity index (χ3n) is 3.71. The Morgan fingerprint density at radius 3 is 2.75 bits per heavy atom. The molecular formula is C13H21N3. The van der Waals surface area contributed by atoms with Gasteiger partial charge in [0, 0.05) is 13.1 Å². The second-order valence-corrected chi connectivity index (χ2v) is 5.10. The van der Waals surface area contributed by atoms with Crippen LogP contribution in [0.1, 0.15) is 25.8 Å². The summed E-state index contributed by atoms with van der Waals surface area (Å²) in [6.45, 7) is 8.97. The van der Waals surface area contributed by atoms with Gasteiger partial charge in [-0.3, -0.25) is 0 Å². The average molecular weight is 219 g/mol. The van der Waals surface area contributed by atoms with Crippen LogP contribution in [0.15, 0.2) is 12.3 Å². The van der Waals surface area contributed by atoms with Crippen molar-refractivity contribution in [2.45, 2.75) is 27.2 Å². The summed E-state index contributed by atoms with van der Waals surface area (Å²) >= 11 is 0. The molecule has 0 aromatic carbocycles. The summed E-state index contributed by atoms with van der Waals surface area (Å²) < 4.78 is 0. The van der Waals surface area contributed by atoms with Crippen LogP contribution in [0, 0.1) is 18.8 Å². The molecule has 2 N–H and O–H groups in total. The van der Waals surface area contributed by atoms with E-state index < -0.39 is 0 Å². The van der Waals surface area contributed by atoms with Gasteiger partial charge in [-0.25, -0.2) is 4.98 Å². The minimum absolute atomic E-state index is 0.743. The van der Waals surface area contributed by atoms with Crippen molar-refractivity contribution in [2.24, 2.45) is 11.8 Å². The smallest absolute Gasteiger partial charge is 0.131 e. The lowest BCUT2D eigenvalue weighted by Crippen LogP contribution is -2.39. The summed E-state index contributed by atoms with van der Waals surface area (Å²) in [7, 11) is 0. The van der Waals surface area contributed by atoms with Gasteiger partial charge in [0.15, 0.2) is 0 Å². The van der Waals surface area contributed by atoms with E-state index in [-0.39, 0.29) is 0 Å². The number of rotatable bonds is 1. The number of pyridine rings is 1. The van der Waals surface area contributed by atoms with E-state index in [1.54, 1.807) is 6.20 Å². The van der Waals surface area contributed by atoms with E-state index in [0.717, 1.165) is 36.4 Å². The van der Waals surface area contributed by atoms with Crippen LogP contribution in [0.3, 0.4) is 0 Å². The maximum absolute atomic E-state index is 5.73. The van der Waals surface area contributed by atoms with Crippen LogP contribution in [0.25, 0.3) is 0 Å². The molecule has 0 bridgehead atoms. The highest BCUT2D eigenvalue weighted by Crippen LogP contribution is 2.28. The highest BCUT2D eigenvalue weighted by molar-refractivity contribution is 5.52. The summed E-state index contributed by atoms with van der Waals surface area (Å²) in [5, 5.41) is 0. The van der Waals surface area contributed by atoms with E-state index in [4.69, 9.17) is 5.73 Å². The first-order valence-corrected chi connectivity index (χ1v) is 6.05. The summed E-state index contributed by atoms with van der Waals surface area (Å²) in [5.41, 5.74) is 7.66. The average Bonchev–Trinajstić information content (AvgIpc) is 2.22. The number of anilines is 2. The Bertz CT molecular complexity index is 375. The van der Waals surface area contributed by atoms with E-state index in [2.05, 4.69) is 30.7 Å². The van der Waals surface area contributed by atoms with Crippen LogP contribution in [0.5, 0.6) is 0 Å². The Balaban J connectivity index is 2.18. The van der Waals surface area contributed by atoms with Crippen molar-refractivity contribution in [2.75, 3.05) is 23.7 Å². The number of piperidine rings is 1. The van der Waals surface area contributed by atoms with Crippen molar-refractivity contribution in [3.63, 3.8) is 0 Å². The maximum atomic E-state index is 5.73. The lowest BCUT2D eigenvalue weighted by atomic mass is 9.88. The predicted molar refractivity (Wildman–Crippen MR) is 68.5 cm³/mol. The van der Waals surface area contributed by atoms with E-state index in [1.165, 1.54) is 12.0 Å². The molecule has 1 saturated heterocycles. The number of aromatic nitrogens is 1. The Morgan fingerprint density at radius 1 is 1.38 bits per heavy atom. The van der Waals surface area contributed by atoms with Gasteiger partial charge in [-0.15, -0.1) is 0 Å². The van der Waals surface area contributed by atoms with Crippen LogP contribution in [-0.2, 0) is 0 Å². The maximum Gasteiger partial charge on any atom is 0.131 e. The minimum atomic E-state index is 0.743. The molecule has 3 heteroatoms. The number of hydrogen-bond acceptors (Lipinski definition) is 3. The van der Waals surface area contributed by atoms with Gasteiger partial charge in [-0.05, 0) is 36.8 Å². The fraction of sp³-hybridized carbons (Fsp3) is 0.615. The molecule has 1 aliphatic heterocycles. The van der Waals surface area contributed by atoms with Crippen molar-refractivity contribution in [1.82, 2.24) is 4.98 Å². The molecule has 0 aliphatic carbocycles. The topological polar surface area (TPSA) is 42.1 Å². The van der Waals surface area contributed by atoms with Crippen molar-refractivity contribution in [3.05, 3.63) is 17.8 Å².